The van der Waals surface area contributed by atoms with Gasteiger partial charge in [-0.3, -0.25) is 4.79 Å². The second-order valence-electron chi connectivity index (χ2n) is 5.89. The van der Waals surface area contributed by atoms with Crippen molar-refractivity contribution in [2.45, 2.75) is 50.6 Å². The lowest BCUT2D eigenvalue weighted by Crippen LogP contribution is -2.47. The monoisotopic (exact) mass is 254 g/mol. The zero-order valence-electron chi connectivity index (χ0n) is 11.7. The molecular weight excluding hydrogens is 228 g/mol. The number of esters is 1. The van der Waals surface area contributed by atoms with Crippen LogP contribution in [0.2, 0.25) is 0 Å². The lowest BCUT2D eigenvalue weighted by molar-refractivity contribution is -0.143. The molecule has 0 bridgehead atoms. The number of ether oxygens (including phenoxy) is 1. The number of nitrogens with zero attached hydrogens (tertiary/aromatic N) is 1. The van der Waals surface area contributed by atoms with E-state index in [0.717, 1.165) is 19.0 Å². The molecule has 1 N–H and O–H groups in total. The molecule has 104 valence electrons. The molecule has 0 aromatic heterocycles. The summed E-state index contributed by atoms with van der Waals surface area (Å²) < 4.78 is 4.88. The van der Waals surface area contributed by atoms with Crippen molar-refractivity contribution in [2.24, 2.45) is 5.92 Å². The highest BCUT2D eigenvalue weighted by molar-refractivity contribution is 5.76. The van der Waals surface area contributed by atoms with E-state index in [9.17, 15) is 4.79 Å². The number of carbonyl (C=O) groups is 1. The predicted octanol–water partition coefficient (Wildman–Crippen LogP) is 1.40. The highest BCUT2D eigenvalue weighted by Gasteiger charge is 2.30. The Hall–Kier alpha value is -0.610. The molecule has 1 unspecified atom stereocenters. The van der Waals surface area contributed by atoms with Gasteiger partial charge in [0.05, 0.1) is 7.11 Å². The maximum absolute atomic E-state index is 11.7. The summed E-state index contributed by atoms with van der Waals surface area (Å²) in [7, 11) is 3.59. The molecule has 0 saturated heterocycles. The van der Waals surface area contributed by atoms with Crippen LogP contribution in [-0.4, -0.2) is 50.2 Å². The first kappa shape index (κ1) is 13.8. The standard InChI is InChI=1S/C14H26N2O2/c1-16(9-11-5-3-4-6-11)10-13(14(17)18-2)15-12-7-8-12/h11-13,15H,3-10H2,1-2H3. The summed E-state index contributed by atoms with van der Waals surface area (Å²) in [5.74, 6) is 0.703. The van der Waals surface area contributed by atoms with E-state index in [1.54, 1.807) is 0 Å². The smallest absolute Gasteiger partial charge is 0.324 e. The number of carbonyl (C=O) groups excluding carboxylic acids is 1. The summed E-state index contributed by atoms with van der Waals surface area (Å²) in [4.78, 5) is 14.0. The van der Waals surface area contributed by atoms with Crippen LogP contribution in [-0.2, 0) is 9.53 Å². The van der Waals surface area contributed by atoms with Crippen molar-refractivity contribution in [3.05, 3.63) is 0 Å². The quantitative estimate of drug-likeness (QED) is 0.697. The van der Waals surface area contributed by atoms with Crippen LogP contribution in [0.25, 0.3) is 0 Å². The highest BCUT2D eigenvalue weighted by atomic mass is 16.5. The third-order valence-electron chi connectivity index (χ3n) is 4.04. The van der Waals surface area contributed by atoms with Gasteiger partial charge in [0.25, 0.3) is 0 Å². The van der Waals surface area contributed by atoms with Crippen molar-refractivity contribution in [1.82, 2.24) is 10.2 Å². The molecule has 4 nitrogen and oxygen atoms in total. The Kier molecular flexibility index (Phi) is 5.01. The Labute approximate surface area is 110 Å². The van der Waals surface area contributed by atoms with Crippen LogP contribution in [0.5, 0.6) is 0 Å². The van der Waals surface area contributed by atoms with E-state index in [-0.39, 0.29) is 12.0 Å². The largest absolute Gasteiger partial charge is 0.468 e. The van der Waals surface area contributed by atoms with Crippen LogP contribution in [0.3, 0.4) is 0 Å². The first-order valence-corrected chi connectivity index (χ1v) is 7.21. The third-order valence-corrected chi connectivity index (χ3v) is 4.04. The van der Waals surface area contributed by atoms with Crippen LogP contribution in [0, 0.1) is 5.92 Å². The van der Waals surface area contributed by atoms with E-state index < -0.39 is 0 Å². The molecular formula is C14H26N2O2. The summed E-state index contributed by atoms with van der Waals surface area (Å²) in [5, 5.41) is 3.38. The highest BCUT2D eigenvalue weighted by Crippen LogP contribution is 2.25. The fraction of sp³-hybridized carbons (Fsp3) is 0.929. The van der Waals surface area contributed by atoms with Crippen LogP contribution in [0.1, 0.15) is 38.5 Å². The SMILES string of the molecule is COC(=O)C(CN(C)CC1CCCC1)NC1CC1. The number of rotatable bonds is 7. The Balaban J connectivity index is 1.76. The van der Waals surface area contributed by atoms with Gasteiger partial charge in [-0.1, -0.05) is 12.8 Å². The maximum atomic E-state index is 11.7. The molecule has 2 fully saturated rings. The zero-order chi connectivity index (χ0) is 13.0. The number of methoxy groups -OCH3 is 1. The van der Waals surface area contributed by atoms with Crippen molar-refractivity contribution < 1.29 is 9.53 Å². The van der Waals surface area contributed by atoms with Gasteiger partial charge in [0.15, 0.2) is 0 Å². The van der Waals surface area contributed by atoms with Gasteiger partial charge in [0.2, 0.25) is 0 Å². The lowest BCUT2D eigenvalue weighted by Gasteiger charge is -2.25. The Bertz CT molecular complexity index is 273. The van der Waals surface area contributed by atoms with E-state index in [2.05, 4.69) is 17.3 Å². The fourth-order valence-electron chi connectivity index (χ4n) is 2.89. The number of hydrogen-bond donors (Lipinski definition) is 1. The molecule has 2 aliphatic rings. The molecule has 0 aromatic carbocycles. The normalized spacial score (nSPS) is 22.4. The van der Waals surface area contributed by atoms with Gasteiger partial charge >= 0.3 is 5.97 Å². The molecule has 18 heavy (non-hydrogen) atoms. The van der Waals surface area contributed by atoms with Crippen LogP contribution in [0.15, 0.2) is 0 Å². The molecule has 1 atom stereocenters. The van der Waals surface area contributed by atoms with Crippen molar-refractivity contribution in [1.29, 1.82) is 0 Å². The molecule has 0 aliphatic heterocycles. The van der Waals surface area contributed by atoms with E-state index in [4.69, 9.17) is 4.74 Å². The van der Waals surface area contributed by atoms with E-state index in [0.29, 0.717) is 6.04 Å². The van der Waals surface area contributed by atoms with E-state index >= 15 is 0 Å². The Morgan fingerprint density at radius 1 is 1.33 bits per heavy atom. The van der Waals surface area contributed by atoms with Gasteiger partial charge in [-0.2, -0.15) is 0 Å². The van der Waals surface area contributed by atoms with Crippen molar-refractivity contribution in [3.8, 4) is 0 Å². The number of likely N-dealkylation sites (N-methyl/N-ethyl adjacent to an activating group) is 1. The molecule has 4 heteroatoms. The maximum Gasteiger partial charge on any atom is 0.324 e. The fourth-order valence-corrected chi connectivity index (χ4v) is 2.89. The molecule has 0 heterocycles. The first-order valence-electron chi connectivity index (χ1n) is 7.21. The second kappa shape index (κ2) is 6.53. The van der Waals surface area contributed by atoms with Gasteiger partial charge in [-0.05, 0) is 38.6 Å². The van der Waals surface area contributed by atoms with Crippen molar-refractivity contribution in [3.63, 3.8) is 0 Å². The number of nitrogens with one attached hydrogen (secondary N) is 1. The average molecular weight is 254 g/mol. The summed E-state index contributed by atoms with van der Waals surface area (Å²) in [6.07, 6.45) is 7.84. The first-order chi connectivity index (χ1) is 8.69. The van der Waals surface area contributed by atoms with Gasteiger partial charge in [-0.25, -0.2) is 0 Å². The summed E-state index contributed by atoms with van der Waals surface area (Å²) >= 11 is 0. The summed E-state index contributed by atoms with van der Waals surface area (Å²) in [6.45, 7) is 1.87. The lowest BCUT2D eigenvalue weighted by atomic mass is 10.1. The molecule has 0 radical (unpaired) electrons. The van der Waals surface area contributed by atoms with E-state index in [1.807, 2.05) is 0 Å². The molecule has 2 rings (SSSR count). The van der Waals surface area contributed by atoms with Crippen LogP contribution >= 0.6 is 0 Å². The summed E-state index contributed by atoms with van der Waals surface area (Å²) in [5.41, 5.74) is 0. The van der Waals surface area contributed by atoms with Crippen molar-refractivity contribution >= 4 is 5.97 Å². The van der Waals surface area contributed by atoms with Gasteiger partial charge in [0.1, 0.15) is 6.04 Å². The second-order valence-corrected chi connectivity index (χ2v) is 5.89. The Morgan fingerprint density at radius 2 is 2.00 bits per heavy atom. The molecule has 2 saturated carbocycles. The minimum Gasteiger partial charge on any atom is -0.468 e. The van der Waals surface area contributed by atoms with Crippen molar-refractivity contribution in [2.75, 3.05) is 27.2 Å². The number of hydrogen-bond acceptors (Lipinski definition) is 4. The third kappa shape index (κ3) is 4.25. The average Bonchev–Trinajstić information content (AvgIpc) is 3.03. The minimum absolute atomic E-state index is 0.125. The van der Waals surface area contributed by atoms with Gasteiger partial charge in [-0.15, -0.1) is 0 Å². The molecule has 0 spiro atoms. The van der Waals surface area contributed by atoms with E-state index in [1.165, 1.54) is 45.6 Å². The molecule has 0 aromatic rings. The summed E-state index contributed by atoms with van der Waals surface area (Å²) in [6, 6.07) is 0.378. The van der Waals surface area contributed by atoms with Crippen LogP contribution in [0.4, 0.5) is 0 Å². The Morgan fingerprint density at radius 3 is 2.56 bits per heavy atom. The minimum atomic E-state index is -0.158. The van der Waals surface area contributed by atoms with Gasteiger partial charge in [0, 0.05) is 19.1 Å². The topological polar surface area (TPSA) is 41.6 Å². The molecule has 0 amide bonds. The predicted molar refractivity (Wildman–Crippen MR) is 71.4 cm³/mol. The molecule has 2 aliphatic carbocycles. The van der Waals surface area contributed by atoms with Crippen LogP contribution < -0.4 is 5.32 Å². The van der Waals surface area contributed by atoms with Gasteiger partial charge < -0.3 is 15.0 Å². The zero-order valence-corrected chi connectivity index (χ0v) is 11.7.